The normalized spacial score (nSPS) is 11.9. The van der Waals surface area contributed by atoms with E-state index < -0.39 is 0 Å². The van der Waals surface area contributed by atoms with Crippen LogP contribution in [0.3, 0.4) is 0 Å². The molecule has 0 radical (unpaired) electrons. The fourth-order valence-electron chi connectivity index (χ4n) is 1.33. The maximum Gasteiger partial charge on any atom is 0.144 e. The lowest BCUT2D eigenvalue weighted by molar-refractivity contribution is 0.190. The van der Waals surface area contributed by atoms with Crippen LogP contribution in [0.25, 0.3) is 0 Å². The summed E-state index contributed by atoms with van der Waals surface area (Å²) in [6.07, 6.45) is 1.69. The Morgan fingerprint density at radius 2 is 2.40 bits per heavy atom. The van der Waals surface area contributed by atoms with E-state index in [-0.39, 0.29) is 6.04 Å². The molecule has 0 spiro atoms. The van der Waals surface area contributed by atoms with Crippen LogP contribution in [0.15, 0.2) is 12.3 Å². The van der Waals surface area contributed by atoms with E-state index in [9.17, 15) is 0 Å². The van der Waals surface area contributed by atoms with Crippen LogP contribution in [0.2, 0.25) is 0 Å². The molecule has 80 valence electrons. The number of aromatic nitrogens is 1. The first-order valence-corrected chi connectivity index (χ1v) is 4.80. The number of hydrogen-bond donors (Lipinski definition) is 1. The summed E-state index contributed by atoms with van der Waals surface area (Å²) in [6.45, 7) is 4.46. The molecule has 15 heavy (non-hydrogen) atoms. The van der Waals surface area contributed by atoms with Crippen LogP contribution in [0.4, 0.5) is 5.82 Å². The molecule has 1 N–H and O–H groups in total. The van der Waals surface area contributed by atoms with Crippen molar-refractivity contribution < 1.29 is 4.74 Å². The molecule has 0 aliphatic heterocycles. The lowest BCUT2D eigenvalue weighted by atomic mass is 10.1. The molecule has 0 fully saturated rings. The average molecular weight is 205 g/mol. The Kier molecular flexibility index (Phi) is 4.07. The van der Waals surface area contributed by atoms with Crippen LogP contribution in [0.5, 0.6) is 0 Å². The Labute approximate surface area is 89.9 Å². The molecule has 0 aliphatic rings. The largest absolute Gasteiger partial charge is 0.383 e. The predicted molar refractivity (Wildman–Crippen MR) is 58.6 cm³/mol. The van der Waals surface area contributed by atoms with Crippen LogP contribution in [-0.2, 0) is 4.74 Å². The number of methoxy groups -OCH3 is 1. The molecule has 1 aromatic heterocycles. The Morgan fingerprint density at radius 3 is 3.00 bits per heavy atom. The zero-order valence-corrected chi connectivity index (χ0v) is 9.24. The summed E-state index contributed by atoms with van der Waals surface area (Å²) < 4.78 is 5.01. The first-order valence-electron chi connectivity index (χ1n) is 4.80. The van der Waals surface area contributed by atoms with Crippen LogP contribution in [0.1, 0.15) is 18.1 Å². The molecule has 4 heteroatoms. The standard InChI is InChI=1S/C11H15N3O/c1-8-4-5-13-11(10(8)6-12)14-9(2)7-15-3/h4-5,9H,7H2,1-3H3,(H,13,14). The minimum Gasteiger partial charge on any atom is -0.383 e. The molecule has 1 atom stereocenters. The van der Waals surface area contributed by atoms with E-state index in [1.54, 1.807) is 13.3 Å². The second kappa shape index (κ2) is 5.32. The van der Waals surface area contributed by atoms with Crippen molar-refractivity contribution in [2.24, 2.45) is 0 Å². The molecule has 0 aromatic carbocycles. The minimum absolute atomic E-state index is 0.136. The van der Waals surface area contributed by atoms with Crippen LogP contribution >= 0.6 is 0 Å². The van der Waals surface area contributed by atoms with Gasteiger partial charge in [-0.05, 0) is 25.5 Å². The van der Waals surface area contributed by atoms with E-state index in [2.05, 4.69) is 16.4 Å². The maximum absolute atomic E-state index is 8.98. The van der Waals surface area contributed by atoms with Crippen molar-refractivity contribution in [3.63, 3.8) is 0 Å². The van der Waals surface area contributed by atoms with Crippen LogP contribution < -0.4 is 5.32 Å². The fraction of sp³-hybridized carbons (Fsp3) is 0.455. The van der Waals surface area contributed by atoms with Gasteiger partial charge in [0.1, 0.15) is 11.9 Å². The molecular formula is C11H15N3O. The van der Waals surface area contributed by atoms with E-state index in [0.717, 1.165) is 5.56 Å². The van der Waals surface area contributed by atoms with Crippen molar-refractivity contribution >= 4 is 5.82 Å². The minimum atomic E-state index is 0.136. The Balaban J connectivity index is 2.86. The van der Waals surface area contributed by atoms with Gasteiger partial charge in [-0.1, -0.05) is 0 Å². The van der Waals surface area contributed by atoms with Gasteiger partial charge in [0.15, 0.2) is 0 Å². The van der Waals surface area contributed by atoms with Gasteiger partial charge in [-0.15, -0.1) is 0 Å². The molecule has 0 saturated heterocycles. The third kappa shape index (κ3) is 2.93. The summed E-state index contributed by atoms with van der Waals surface area (Å²) in [6, 6.07) is 4.11. The topological polar surface area (TPSA) is 57.9 Å². The summed E-state index contributed by atoms with van der Waals surface area (Å²) in [7, 11) is 1.65. The van der Waals surface area contributed by atoms with Gasteiger partial charge in [-0.3, -0.25) is 0 Å². The van der Waals surface area contributed by atoms with E-state index >= 15 is 0 Å². The number of anilines is 1. The van der Waals surface area contributed by atoms with Crippen molar-refractivity contribution in [1.29, 1.82) is 5.26 Å². The highest BCUT2D eigenvalue weighted by Gasteiger charge is 2.08. The molecule has 0 saturated carbocycles. The predicted octanol–water partition coefficient (Wildman–Crippen LogP) is 1.71. The second-order valence-electron chi connectivity index (χ2n) is 3.46. The molecule has 1 rings (SSSR count). The Hall–Kier alpha value is -1.60. The molecule has 1 heterocycles. The van der Waals surface area contributed by atoms with Gasteiger partial charge in [0.2, 0.25) is 0 Å². The Morgan fingerprint density at radius 1 is 1.67 bits per heavy atom. The zero-order valence-electron chi connectivity index (χ0n) is 9.24. The van der Waals surface area contributed by atoms with E-state index in [4.69, 9.17) is 10.00 Å². The van der Waals surface area contributed by atoms with E-state index in [1.807, 2.05) is 19.9 Å². The second-order valence-corrected chi connectivity index (χ2v) is 3.46. The summed E-state index contributed by atoms with van der Waals surface area (Å²) in [5, 5.41) is 12.1. The lowest BCUT2D eigenvalue weighted by Gasteiger charge is -2.14. The molecular weight excluding hydrogens is 190 g/mol. The van der Waals surface area contributed by atoms with Crippen molar-refractivity contribution in [1.82, 2.24) is 4.98 Å². The maximum atomic E-state index is 8.98. The molecule has 0 amide bonds. The summed E-state index contributed by atoms with van der Waals surface area (Å²) in [5.41, 5.74) is 1.53. The van der Waals surface area contributed by atoms with Gasteiger partial charge >= 0.3 is 0 Å². The third-order valence-electron chi connectivity index (χ3n) is 2.07. The molecule has 0 bridgehead atoms. The molecule has 0 aliphatic carbocycles. The van der Waals surface area contributed by atoms with Crippen molar-refractivity contribution in [3.8, 4) is 6.07 Å². The SMILES string of the molecule is COCC(C)Nc1nccc(C)c1C#N. The number of aryl methyl sites for hydroxylation is 1. The van der Waals surface area contributed by atoms with Crippen molar-refractivity contribution in [2.75, 3.05) is 19.0 Å². The highest BCUT2D eigenvalue weighted by Crippen LogP contribution is 2.15. The summed E-state index contributed by atoms with van der Waals surface area (Å²) >= 11 is 0. The van der Waals surface area contributed by atoms with Crippen molar-refractivity contribution in [2.45, 2.75) is 19.9 Å². The number of nitrogens with one attached hydrogen (secondary N) is 1. The highest BCUT2D eigenvalue weighted by atomic mass is 16.5. The van der Waals surface area contributed by atoms with Gasteiger partial charge in [0.25, 0.3) is 0 Å². The lowest BCUT2D eigenvalue weighted by Crippen LogP contribution is -2.22. The van der Waals surface area contributed by atoms with Gasteiger partial charge in [0.05, 0.1) is 12.2 Å². The van der Waals surface area contributed by atoms with Gasteiger partial charge < -0.3 is 10.1 Å². The first kappa shape index (κ1) is 11.5. The quantitative estimate of drug-likeness (QED) is 0.813. The van der Waals surface area contributed by atoms with Gasteiger partial charge in [0, 0.05) is 19.3 Å². The summed E-state index contributed by atoms with van der Waals surface area (Å²) in [5.74, 6) is 0.627. The highest BCUT2D eigenvalue weighted by molar-refractivity contribution is 5.55. The number of rotatable bonds is 4. The molecule has 1 aromatic rings. The number of hydrogen-bond acceptors (Lipinski definition) is 4. The third-order valence-corrected chi connectivity index (χ3v) is 2.07. The number of nitriles is 1. The summed E-state index contributed by atoms with van der Waals surface area (Å²) in [4.78, 5) is 4.14. The van der Waals surface area contributed by atoms with Crippen LogP contribution in [-0.4, -0.2) is 24.7 Å². The number of ether oxygens (including phenoxy) is 1. The molecule has 1 unspecified atom stereocenters. The number of nitrogens with zero attached hydrogens (tertiary/aromatic N) is 2. The van der Waals surface area contributed by atoms with E-state index in [1.165, 1.54) is 0 Å². The van der Waals surface area contributed by atoms with Gasteiger partial charge in [-0.2, -0.15) is 5.26 Å². The fourth-order valence-corrected chi connectivity index (χ4v) is 1.33. The Bertz CT molecular complexity index is 371. The van der Waals surface area contributed by atoms with E-state index in [0.29, 0.717) is 18.0 Å². The number of pyridine rings is 1. The van der Waals surface area contributed by atoms with Crippen molar-refractivity contribution in [3.05, 3.63) is 23.4 Å². The smallest absolute Gasteiger partial charge is 0.144 e. The molecule has 4 nitrogen and oxygen atoms in total. The average Bonchev–Trinajstić information content (AvgIpc) is 2.18. The van der Waals surface area contributed by atoms with Crippen LogP contribution in [0, 0.1) is 18.3 Å². The monoisotopic (exact) mass is 205 g/mol. The zero-order chi connectivity index (χ0) is 11.3. The first-order chi connectivity index (χ1) is 7.19. The van der Waals surface area contributed by atoms with Gasteiger partial charge in [-0.25, -0.2) is 4.98 Å².